The van der Waals surface area contributed by atoms with Crippen LogP contribution >= 0.6 is 11.6 Å². The van der Waals surface area contributed by atoms with Crippen LogP contribution in [-0.2, 0) is 13.1 Å². The highest BCUT2D eigenvalue weighted by Gasteiger charge is 2.19. The molecular weight excluding hydrogens is 234 g/mol. The molecular formula is C13H12ClN3. The molecule has 0 amide bonds. The van der Waals surface area contributed by atoms with E-state index in [2.05, 4.69) is 6.07 Å². The summed E-state index contributed by atoms with van der Waals surface area (Å²) in [7, 11) is 0. The number of nitrogens with zero attached hydrogens (tertiary/aromatic N) is 1. The fraction of sp³-hybridized carbons (Fsp3) is 0.154. The van der Waals surface area contributed by atoms with Crippen LogP contribution in [0.3, 0.4) is 0 Å². The highest BCUT2D eigenvalue weighted by atomic mass is 35.5. The monoisotopic (exact) mass is 245 g/mol. The van der Waals surface area contributed by atoms with Crippen molar-refractivity contribution in [1.82, 2.24) is 4.90 Å². The van der Waals surface area contributed by atoms with Gasteiger partial charge in [-0.2, -0.15) is 0 Å². The van der Waals surface area contributed by atoms with Gasteiger partial charge < -0.3 is 10.6 Å². The van der Waals surface area contributed by atoms with Crippen LogP contribution in [0.4, 0.5) is 0 Å². The van der Waals surface area contributed by atoms with Crippen molar-refractivity contribution in [3.8, 4) is 0 Å². The molecule has 3 rings (SSSR count). The van der Waals surface area contributed by atoms with Gasteiger partial charge >= 0.3 is 0 Å². The Balaban J connectivity index is 2.27. The lowest BCUT2D eigenvalue weighted by Crippen LogP contribution is -2.37. The molecule has 17 heavy (non-hydrogen) atoms. The van der Waals surface area contributed by atoms with E-state index in [0.717, 1.165) is 10.4 Å². The highest BCUT2D eigenvalue weighted by Crippen LogP contribution is 2.33. The molecule has 0 atom stereocenters. The van der Waals surface area contributed by atoms with Crippen LogP contribution in [0.25, 0.3) is 10.8 Å². The minimum Gasteiger partial charge on any atom is -0.370 e. The Bertz CT molecular complexity index is 609. The second-order valence-corrected chi connectivity index (χ2v) is 4.69. The summed E-state index contributed by atoms with van der Waals surface area (Å²) in [6.07, 6.45) is 0. The summed E-state index contributed by atoms with van der Waals surface area (Å²) >= 11 is 6.20. The van der Waals surface area contributed by atoms with Gasteiger partial charge in [-0.1, -0.05) is 35.9 Å². The zero-order valence-electron chi connectivity index (χ0n) is 9.20. The lowest BCUT2D eigenvalue weighted by atomic mass is 9.95. The van der Waals surface area contributed by atoms with Crippen LogP contribution in [0.5, 0.6) is 0 Å². The molecule has 1 heterocycles. The first-order valence-electron chi connectivity index (χ1n) is 5.45. The van der Waals surface area contributed by atoms with Crippen LogP contribution in [0.15, 0.2) is 30.3 Å². The van der Waals surface area contributed by atoms with Gasteiger partial charge in [-0.25, -0.2) is 0 Å². The SMILES string of the molecule is N=C(N)N1Cc2cccc3c(Cl)ccc(c23)C1. The molecule has 0 saturated carbocycles. The predicted molar refractivity (Wildman–Crippen MR) is 70.1 cm³/mol. The number of guanidine groups is 1. The third kappa shape index (κ3) is 1.54. The van der Waals surface area contributed by atoms with Crippen molar-refractivity contribution in [2.24, 2.45) is 5.73 Å². The third-order valence-electron chi connectivity index (χ3n) is 3.22. The van der Waals surface area contributed by atoms with Gasteiger partial charge in [0.25, 0.3) is 0 Å². The second-order valence-electron chi connectivity index (χ2n) is 4.29. The summed E-state index contributed by atoms with van der Waals surface area (Å²) in [6, 6.07) is 10.0. The Morgan fingerprint density at radius 2 is 1.88 bits per heavy atom. The van der Waals surface area contributed by atoms with Crippen LogP contribution in [0, 0.1) is 5.41 Å². The molecule has 0 unspecified atom stereocenters. The standard InChI is InChI=1S/C13H12ClN3/c14-11-5-4-9-7-17(13(15)16)6-8-2-1-3-10(11)12(8)9/h1-5H,6-7H2,(H3,15,16). The molecule has 3 N–H and O–H groups in total. The number of hydrogen-bond acceptors (Lipinski definition) is 1. The van der Waals surface area contributed by atoms with Gasteiger partial charge in [0.05, 0.1) is 0 Å². The lowest BCUT2D eigenvalue weighted by Gasteiger charge is -2.29. The van der Waals surface area contributed by atoms with E-state index in [9.17, 15) is 0 Å². The first-order chi connectivity index (χ1) is 8.16. The van der Waals surface area contributed by atoms with Crippen molar-refractivity contribution in [1.29, 1.82) is 5.41 Å². The van der Waals surface area contributed by atoms with E-state index >= 15 is 0 Å². The molecule has 1 aliphatic heterocycles. The van der Waals surface area contributed by atoms with E-state index in [1.165, 1.54) is 16.5 Å². The Morgan fingerprint density at radius 1 is 1.18 bits per heavy atom. The van der Waals surface area contributed by atoms with Crippen molar-refractivity contribution < 1.29 is 0 Å². The molecule has 1 aliphatic rings. The normalized spacial score (nSPS) is 14.1. The molecule has 4 heteroatoms. The zero-order valence-corrected chi connectivity index (χ0v) is 9.96. The van der Waals surface area contributed by atoms with Crippen LogP contribution in [0.2, 0.25) is 5.02 Å². The highest BCUT2D eigenvalue weighted by molar-refractivity contribution is 6.35. The predicted octanol–water partition coefficient (Wildman–Crippen LogP) is 2.70. The molecule has 0 saturated heterocycles. The second kappa shape index (κ2) is 3.64. The number of hydrogen-bond donors (Lipinski definition) is 2. The molecule has 0 aromatic heterocycles. The molecule has 2 aromatic carbocycles. The molecule has 0 spiro atoms. The molecule has 0 radical (unpaired) electrons. The van der Waals surface area contributed by atoms with Gasteiger partial charge in [0.1, 0.15) is 0 Å². The smallest absolute Gasteiger partial charge is 0.188 e. The Kier molecular flexibility index (Phi) is 2.23. The third-order valence-corrected chi connectivity index (χ3v) is 3.55. The summed E-state index contributed by atoms with van der Waals surface area (Å²) < 4.78 is 0. The van der Waals surface area contributed by atoms with Crippen molar-refractivity contribution >= 4 is 28.3 Å². The summed E-state index contributed by atoms with van der Waals surface area (Å²) in [5.41, 5.74) is 7.93. The average molecular weight is 246 g/mol. The summed E-state index contributed by atoms with van der Waals surface area (Å²) in [5.74, 6) is 0.114. The Labute approximate surface area is 104 Å². The van der Waals surface area contributed by atoms with E-state index in [1.54, 1.807) is 0 Å². The first kappa shape index (κ1) is 10.4. The molecule has 86 valence electrons. The lowest BCUT2D eigenvalue weighted by molar-refractivity contribution is 0.393. The molecule has 0 aliphatic carbocycles. The van der Waals surface area contributed by atoms with Gasteiger partial charge in [0.15, 0.2) is 5.96 Å². The minimum atomic E-state index is 0.114. The number of halogens is 1. The van der Waals surface area contributed by atoms with Gasteiger partial charge in [0.2, 0.25) is 0 Å². The van der Waals surface area contributed by atoms with E-state index in [1.807, 2.05) is 29.2 Å². The Hall–Kier alpha value is -1.74. The largest absolute Gasteiger partial charge is 0.370 e. The zero-order chi connectivity index (χ0) is 12.0. The maximum Gasteiger partial charge on any atom is 0.188 e. The topological polar surface area (TPSA) is 53.1 Å². The van der Waals surface area contributed by atoms with Gasteiger partial charge in [0, 0.05) is 23.5 Å². The number of benzene rings is 2. The summed E-state index contributed by atoms with van der Waals surface area (Å²) in [4.78, 5) is 1.85. The van der Waals surface area contributed by atoms with Gasteiger partial charge in [-0.05, 0) is 22.6 Å². The van der Waals surface area contributed by atoms with Crippen molar-refractivity contribution in [3.05, 3.63) is 46.5 Å². The summed E-state index contributed by atoms with van der Waals surface area (Å²) in [6.45, 7) is 1.36. The quantitative estimate of drug-likeness (QED) is 0.554. The molecule has 3 nitrogen and oxygen atoms in total. The maximum atomic E-state index is 7.54. The average Bonchev–Trinajstić information content (AvgIpc) is 2.33. The van der Waals surface area contributed by atoms with Crippen LogP contribution < -0.4 is 5.73 Å². The molecule has 0 fully saturated rings. The Morgan fingerprint density at radius 3 is 2.59 bits per heavy atom. The van der Waals surface area contributed by atoms with Crippen molar-refractivity contribution in [2.45, 2.75) is 13.1 Å². The first-order valence-corrected chi connectivity index (χ1v) is 5.82. The number of nitrogens with one attached hydrogen (secondary N) is 1. The van der Waals surface area contributed by atoms with E-state index in [-0.39, 0.29) is 5.96 Å². The van der Waals surface area contributed by atoms with Crippen molar-refractivity contribution in [2.75, 3.05) is 0 Å². The number of rotatable bonds is 0. The fourth-order valence-electron chi connectivity index (χ4n) is 2.43. The van der Waals surface area contributed by atoms with Gasteiger partial charge in [-0.15, -0.1) is 0 Å². The summed E-state index contributed by atoms with van der Waals surface area (Å²) in [5, 5.41) is 10.6. The molecule has 0 bridgehead atoms. The minimum absolute atomic E-state index is 0.114. The number of nitrogens with two attached hydrogens (primary N) is 1. The van der Waals surface area contributed by atoms with Crippen molar-refractivity contribution in [3.63, 3.8) is 0 Å². The fourth-order valence-corrected chi connectivity index (χ4v) is 2.65. The van der Waals surface area contributed by atoms with E-state index in [0.29, 0.717) is 13.1 Å². The maximum absolute atomic E-state index is 7.54. The van der Waals surface area contributed by atoms with E-state index in [4.69, 9.17) is 22.7 Å². The molecule has 2 aromatic rings. The van der Waals surface area contributed by atoms with Crippen LogP contribution in [0.1, 0.15) is 11.1 Å². The van der Waals surface area contributed by atoms with Gasteiger partial charge in [-0.3, -0.25) is 5.41 Å². The van der Waals surface area contributed by atoms with E-state index < -0.39 is 0 Å². The van der Waals surface area contributed by atoms with Crippen LogP contribution in [-0.4, -0.2) is 10.9 Å².